The van der Waals surface area contributed by atoms with Crippen LogP contribution in [0, 0.1) is 0 Å². The topological polar surface area (TPSA) is 35.5 Å². The Bertz CT molecular complexity index is 75.7. The molecule has 0 saturated carbocycles. The first-order chi connectivity index (χ1) is 4.59. The predicted octanol–water partition coefficient (Wildman–Crippen LogP) is -0.483. The van der Waals surface area contributed by atoms with Gasteiger partial charge in [0.05, 0.1) is 6.10 Å². The molecule has 0 aliphatic rings. The van der Waals surface area contributed by atoms with Crippen LogP contribution >= 0.6 is 0 Å². The van der Waals surface area contributed by atoms with Gasteiger partial charge in [-0.2, -0.15) is 0 Å². The Balaban J connectivity index is 3.73. The molecule has 3 heteroatoms. The van der Waals surface area contributed by atoms with Crippen molar-refractivity contribution in [1.82, 2.24) is 10.2 Å². The minimum atomic E-state index is -0.276. The highest BCUT2D eigenvalue weighted by molar-refractivity contribution is 4.73. The normalized spacial score (nSPS) is 17.4. The van der Waals surface area contributed by atoms with Crippen molar-refractivity contribution < 1.29 is 5.11 Å². The van der Waals surface area contributed by atoms with Gasteiger partial charge in [-0.05, 0) is 28.1 Å². The van der Waals surface area contributed by atoms with Crippen molar-refractivity contribution in [2.45, 2.75) is 19.1 Å². The first-order valence-electron chi connectivity index (χ1n) is 3.58. The van der Waals surface area contributed by atoms with Crippen LogP contribution in [0.2, 0.25) is 0 Å². The summed E-state index contributed by atoms with van der Waals surface area (Å²) in [5.74, 6) is 0. The zero-order valence-electron chi connectivity index (χ0n) is 7.26. The van der Waals surface area contributed by atoms with Gasteiger partial charge < -0.3 is 15.3 Å². The summed E-state index contributed by atoms with van der Waals surface area (Å²) in [6, 6.07) is 0.213. The van der Waals surface area contributed by atoms with E-state index in [0.717, 1.165) is 6.54 Å². The molecule has 2 unspecified atom stereocenters. The molecular formula is C7H18N2O. The molecular weight excluding hydrogens is 128 g/mol. The lowest BCUT2D eigenvalue weighted by Gasteiger charge is -2.26. The van der Waals surface area contributed by atoms with Gasteiger partial charge in [-0.15, -0.1) is 0 Å². The van der Waals surface area contributed by atoms with E-state index in [1.807, 2.05) is 33.0 Å². The summed E-state index contributed by atoms with van der Waals surface area (Å²) >= 11 is 0. The van der Waals surface area contributed by atoms with Crippen molar-refractivity contribution in [1.29, 1.82) is 0 Å². The third-order valence-electron chi connectivity index (χ3n) is 1.63. The minimum absolute atomic E-state index is 0.213. The molecule has 0 rings (SSSR count). The van der Waals surface area contributed by atoms with Gasteiger partial charge in [0, 0.05) is 12.6 Å². The smallest absolute Gasteiger partial charge is 0.0679 e. The molecule has 0 spiro atoms. The minimum Gasteiger partial charge on any atom is -0.392 e. The summed E-state index contributed by atoms with van der Waals surface area (Å²) in [4.78, 5) is 2.02. The third kappa shape index (κ3) is 3.15. The molecule has 0 aliphatic heterocycles. The maximum atomic E-state index is 9.23. The number of aliphatic hydroxyl groups is 1. The molecule has 10 heavy (non-hydrogen) atoms. The summed E-state index contributed by atoms with van der Waals surface area (Å²) < 4.78 is 0. The van der Waals surface area contributed by atoms with Gasteiger partial charge in [-0.25, -0.2) is 0 Å². The molecule has 2 N–H and O–H groups in total. The first-order valence-corrected chi connectivity index (χ1v) is 3.58. The molecule has 0 aromatic rings. The quantitative estimate of drug-likeness (QED) is 0.562. The Morgan fingerprint density at radius 1 is 1.50 bits per heavy atom. The van der Waals surface area contributed by atoms with E-state index in [9.17, 15) is 5.11 Å². The van der Waals surface area contributed by atoms with Crippen LogP contribution in [-0.4, -0.2) is 49.8 Å². The average molecular weight is 146 g/mol. The van der Waals surface area contributed by atoms with Gasteiger partial charge in [0.2, 0.25) is 0 Å². The Hall–Kier alpha value is -0.120. The average Bonchev–Trinajstić information content (AvgIpc) is 1.81. The molecule has 0 aromatic carbocycles. The maximum Gasteiger partial charge on any atom is 0.0679 e. The lowest BCUT2D eigenvalue weighted by Crippen LogP contribution is -2.44. The molecule has 0 aliphatic carbocycles. The Labute approximate surface area is 63.0 Å². The van der Waals surface area contributed by atoms with E-state index in [1.54, 1.807) is 0 Å². The Morgan fingerprint density at radius 2 is 2.00 bits per heavy atom. The van der Waals surface area contributed by atoms with Gasteiger partial charge in [0.25, 0.3) is 0 Å². The van der Waals surface area contributed by atoms with Gasteiger partial charge >= 0.3 is 0 Å². The second kappa shape index (κ2) is 4.66. The molecule has 0 bridgehead atoms. The summed E-state index contributed by atoms with van der Waals surface area (Å²) in [7, 11) is 5.82. The number of hydrogen-bond acceptors (Lipinski definition) is 3. The van der Waals surface area contributed by atoms with Gasteiger partial charge in [-0.3, -0.25) is 0 Å². The highest BCUT2D eigenvalue weighted by atomic mass is 16.3. The molecule has 0 heterocycles. The van der Waals surface area contributed by atoms with Crippen molar-refractivity contribution in [2.75, 3.05) is 27.7 Å². The number of hydrogen-bond donors (Lipinski definition) is 2. The highest BCUT2D eigenvalue weighted by Crippen LogP contribution is 1.97. The summed E-state index contributed by atoms with van der Waals surface area (Å²) in [6.45, 7) is 2.63. The zero-order chi connectivity index (χ0) is 8.15. The van der Waals surface area contributed by atoms with Crippen LogP contribution in [0.15, 0.2) is 0 Å². The number of nitrogens with one attached hydrogen (secondary N) is 1. The third-order valence-corrected chi connectivity index (χ3v) is 1.63. The lowest BCUT2D eigenvalue weighted by atomic mass is 10.1. The van der Waals surface area contributed by atoms with E-state index in [0.29, 0.717) is 0 Å². The molecule has 3 nitrogen and oxygen atoms in total. The van der Waals surface area contributed by atoms with E-state index in [1.165, 1.54) is 0 Å². The summed E-state index contributed by atoms with van der Waals surface area (Å²) in [5, 5.41) is 12.3. The highest BCUT2D eigenvalue weighted by Gasteiger charge is 2.15. The summed E-state index contributed by atoms with van der Waals surface area (Å²) in [6.07, 6.45) is -0.276. The van der Waals surface area contributed by atoms with E-state index >= 15 is 0 Å². The number of nitrogens with zero attached hydrogens (tertiary/aromatic N) is 1. The second-order valence-electron chi connectivity index (χ2n) is 2.83. The number of aliphatic hydroxyl groups excluding tert-OH is 1. The molecule has 62 valence electrons. The molecule has 0 radical (unpaired) electrons. The van der Waals surface area contributed by atoms with Crippen LogP contribution in [0.3, 0.4) is 0 Å². The maximum absolute atomic E-state index is 9.23. The first kappa shape index (κ1) is 9.88. The monoisotopic (exact) mass is 146 g/mol. The van der Waals surface area contributed by atoms with Crippen LogP contribution in [0.5, 0.6) is 0 Å². The van der Waals surface area contributed by atoms with Crippen LogP contribution in [-0.2, 0) is 0 Å². The molecule has 0 aromatic heterocycles. The second-order valence-corrected chi connectivity index (χ2v) is 2.83. The molecule has 0 fully saturated rings. The fraction of sp³-hybridized carbons (Fsp3) is 1.00. The predicted molar refractivity (Wildman–Crippen MR) is 43.1 cm³/mol. The van der Waals surface area contributed by atoms with Crippen molar-refractivity contribution in [2.24, 2.45) is 0 Å². The van der Waals surface area contributed by atoms with Crippen LogP contribution in [0.25, 0.3) is 0 Å². The molecule has 0 saturated heterocycles. The van der Waals surface area contributed by atoms with Crippen LogP contribution in [0.1, 0.15) is 6.92 Å². The van der Waals surface area contributed by atoms with E-state index in [-0.39, 0.29) is 12.1 Å². The van der Waals surface area contributed by atoms with Crippen molar-refractivity contribution >= 4 is 0 Å². The molecule has 2 atom stereocenters. The zero-order valence-corrected chi connectivity index (χ0v) is 7.26. The van der Waals surface area contributed by atoms with Crippen molar-refractivity contribution in [3.63, 3.8) is 0 Å². The number of likely N-dealkylation sites (N-methyl/N-ethyl adjacent to an activating group) is 2. The Kier molecular flexibility index (Phi) is 4.60. The number of rotatable bonds is 4. The van der Waals surface area contributed by atoms with E-state index < -0.39 is 0 Å². The van der Waals surface area contributed by atoms with E-state index in [4.69, 9.17) is 0 Å². The van der Waals surface area contributed by atoms with E-state index in [2.05, 4.69) is 5.32 Å². The van der Waals surface area contributed by atoms with Crippen LogP contribution < -0.4 is 5.32 Å². The largest absolute Gasteiger partial charge is 0.392 e. The SMILES string of the molecule is CNCC(C(C)O)N(C)C. The van der Waals surface area contributed by atoms with Crippen LogP contribution in [0.4, 0.5) is 0 Å². The Morgan fingerprint density at radius 3 is 2.10 bits per heavy atom. The van der Waals surface area contributed by atoms with Crippen molar-refractivity contribution in [3.8, 4) is 0 Å². The van der Waals surface area contributed by atoms with Crippen molar-refractivity contribution in [3.05, 3.63) is 0 Å². The fourth-order valence-electron chi connectivity index (χ4n) is 0.994. The fourth-order valence-corrected chi connectivity index (χ4v) is 0.994. The van der Waals surface area contributed by atoms with Gasteiger partial charge in [0.1, 0.15) is 0 Å². The molecule has 0 amide bonds. The van der Waals surface area contributed by atoms with Gasteiger partial charge in [0.15, 0.2) is 0 Å². The summed E-state index contributed by atoms with van der Waals surface area (Å²) in [5.41, 5.74) is 0. The standard InChI is InChI=1S/C7H18N2O/c1-6(10)7(5-8-2)9(3)4/h6-8,10H,5H2,1-4H3. The van der Waals surface area contributed by atoms with Gasteiger partial charge in [-0.1, -0.05) is 0 Å². The lowest BCUT2D eigenvalue weighted by molar-refractivity contribution is 0.0910.